The Labute approximate surface area is 111 Å². The van der Waals surface area contributed by atoms with Crippen molar-refractivity contribution < 1.29 is 4.79 Å². The Kier molecular flexibility index (Phi) is 2.89. The summed E-state index contributed by atoms with van der Waals surface area (Å²) in [6, 6.07) is 6.09. The van der Waals surface area contributed by atoms with Crippen molar-refractivity contribution >= 4 is 22.9 Å². The number of imidazole rings is 1. The average Bonchev–Trinajstić information content (AvgIpc) is 3.16. The maximum absolute atomic E-state index is 11.6. The molecule has 1 aromatic heterocycles. The van der Waals surface area contributed by atoms with Gasteiger partial charge in [0.1, 0.15) is 0 Å². The van der Waals surface area contributed by atoms with E-state index in [1.165, 1.54) is 5.56 Å². The minimum Gasteiger partial charge on any atom is -0.369 e. The van der Waals surface area contributed by atoms with E-state index in [1.807, 2.05) is 29.7 Å². The molecule has 1 aromatic carbocycles. The summed E-state index contributed by atoms with van der Waals surface area (Å²) in [5, 5.41) is 2.94. The molecule has 0 radical (unpaired) electrons. The number of hydrogen-bond acceptors (Lipinski definition) is 3. The summed E-state index contributed by atoms with van der Waals surface area (Å²) in [6.45, 7) is 3.28. The molecule has 19 heavy (non-hydrogen) atoms. The molecule has 0 aliphatic heterocycles. The number of rotatable bonds is 4. The third kappa shape index (κ3) is 2.41. The van der Waals surface area contributed by atoms with Crippen molar-refractivity contribution in [2.75, 3.05) is 12.3 Å². The van der Waals surface area contributed by atoms with E-state index in [1.54, 1.807) is 0 Å². The second kappa shape index (κ2) is 4.57. The van der Waals surface area contributed by atoms with E-state index >= 15 is 0 Å². The molecule has 100 valence electrons. The predicted octanol–water partition coefficient (Wildman–Crippen LogP) is 1.45. The molecule has 5 heteroatoms. The molecule has 0 spiro atoms. The highest BCUT2D eigenvalue weighted by Gasteiger charge is 2.29. The van der Waals surface area contributed by atoms with Gasteiger partial charge in [-0.3, -0.25) is 4.79 Å². The average molecular weight is 258 g/mol. The Bertz CT molecular complexity index is 628. The Morgan fingerprint density at radius 2 is 2.32 bits per heavy atom. The van der Waals surface area contributed by atoms with Crippen LogP contribution in [0.5, 0.6) is 0 Å². The third-order valence-corrected chi connectivity index (χ3v) is 3.52. The maximum atomic E-state index is 11.6. The van der Waals surface area contributed by atoms with Crippen molar-refractivity contribution in [3.05, 3.63) is 23.8 Å². The zero-order valence-corrected chi connectivity index (χ0v) is 11.0. The fraction of sp³-hybridized carbons (Fsp3) is 0.429. The summed E-state index contributed by atoms with van der Waals surface area (Å²) < 4.78 is 1.95. The third-order valence-electron chi connectivity index (χ3n) is 3.52. The zero-order valence-electron chi connectivity index (χ0n) is 11.0. The first kappa shape index (κ1) is 12.0. The number of nitrogen functional groups attached to an aromatic ring is 1. The molecule has 5 nitrogen and oxygen atoms in total. The Morgan fingerprint density at radius 3 is 3.05 bits per heavy atom. The van der Waals surface area contributed by atoms with Crippen LogP contribution in [0.15, 0.2) is 18.2 Å². The number of carbonyl (C=O) groups excluding carboxylic acids is 1. The van der Waals surface area contributed by atoms with Gasteiger partial charge in [-0.1, -0.05) is 6.07 Å². The highest BCUT2D eigenvalue weighted by Crippen LogP contribution is 2.28. The number of nitrogens with one attached hydrogen (secondary N) is 1. The molecule has 0 atom stereocenters. The molecule has 1 fully saturated rings. The van der Waals surface area contributed by atoms with Crippen molar-refractivity contribution in [2.45, 2.75) is 26.3 Å². The minimum absolute atomic E-state index is 0.166. The molecule has 1 amide bonds. The number of hydrogen-bond donors (Lipinski definition) is 2. The molecule has 0 bridgehead atoms. The van der Waals surface area contributed by atoms with Gasteiger partial charge >= 0.3 is 0 Å². The van der Waals surface area contributed by atoms with Crippen LogP contribution in [0.3, 0.4) is 0 Å². The topological polar surface area (TPSA) is 72.9 Å². The van der Waals surface area contributed by atoms with Gasteiger partial charge in [-0.25, -0.2) is 4.98 Å². The van der Waals surface area contributed by atoms with Crippen LogP contribution in [0.25, 0.3) is 11.0 Å². The van der Waals surface area contributed by atoms with Gasteiger partial charge in [0.05, 0.1) is 11.0 Å². The smallest absolute Gasteiger partial charge is 0.223 e. The maximum Gasteiger partial charge on any atom is 0.223 e. The van der Waals surface area contributed by atoms with E-state index in [0.29, 0.717) is 19.0 Å². The van der Waals surface area contributed by atoms with Gasteiger partial charge in [0.15, 0.2) is 0 Å². The predicted molar refractivity (Wildman–Crippen MR) is 74.6 cm³/mol. The monoisotopic (exact) mass is 258 g/mol. The summed E-state index contributed by atoms with van der Waals surface area (Å²) in [6.07, 6.45) is 2.06. The van der Waals surface area contributed by atoms with Crippen LogP contribution in [-0.4, -0.2) is 22.0 Å². The van der Waals surface area contributed by atoms with E-state index < -0.39 is 0 Å². The van der Waals surface area contributed by atoms with Gasteiger partial charge in [-0.05, 0) is 37.5 Å². The molecule has 0 saturated heterocycles. The number of fused-ring (bicyclic) bond motifs is 1. The summed E-state index contributed by atoms with van der Waals surface area (Å²) >= 11 is 0. The highest BCUT2D eigenvalue weighted by molar-refractivity contribution is 5.81. The van der Waals surface area contributed by atoms with E-state index in [4.69, 9.17) is 5.73 Å². The Balaban J connectivity index is 1.72. The number of anilines is 1. The summed E-state index contributed by atoms with van der Waals surface area (Å²) in [4.78, 5) is 15.9. The molecule has 3 N–H and O–H groups in total. The van der Waals surface area contributed by atoms with E-state index in [-0.39, 0.29) is 11.8 Å². The van der Waals surface area contributed by atoms with Crippen LogP contribution < -0.4 is 11.1 Å². The molecule has 1 saturated carbocycles. The summed E-state index contributed by atoms with van der Waals surface area (Å²) in [5.74, 6) is 0.916. The number of amides is 1. The second-order valence-electron chi connectivity index (χ2n) is 5.18. The van der Waals surface area contributed by atoms with Gasteiger partial charge < -0.3 is 15.6 Å². The van der Waals surface area contributed by atoms with Gasteiger partial charge in [-0.2, -0.15) is 0 Å². The quantitative estimate of drug-likeness (QED) is 0.871. The number of aromatic nitrogens is 2. The molecule has 1 aliphatic carbocycles. The van der Waals surface area contributed by atoms with Crippen molar-refractivity contribution in [2.24, 2.45) is 5.92 Å². The number of carbonyl (C=O) groups is 1. The van der Waals surface area contributed by atoms with Crippen LogP contribution in [0.2, 0.25) is 0 Å². The van der Waals surface area contributed by atoms with Crippen LogP contribution in [0.4, 0.5) is 5.95 Å². The molecule has 1 aliphatic rings. The standard InChI is InChI=1S/C14H18N4O/c1-9-2-5-12-11(8-9)17-14(15)18(12)7-6-16-13(19)10-3-4-10/h2,5,8,10H,3-4,6-7H2,1H3,(H2,15,17)(H,16,19). The zero-order chi connectivity index (χ0) is 13.4. The molecule has 3 rings (SSSR count). The molecular formula is C14H18N4O. The lowest BCUT2D eigenvalue weighted by molar-refractivity contribution is -0.122. The highest BCUT2D eigenvalue weighted by atomic mass is 16.2. The fourth-order valence-electron chi connectivity index (χ4n) is 2.27. The minimum atomic E-state index is 0.166. The van der Waals surface area contributed by atoms with E-state index in [0.717, 1.165) is 23.9 Å². The van der Waals surface area contributed by atoms with E-state index in [2.05, 4.69) is 10.3 Å². The molecule has 2 aromatic rings. The van der Waals surface area contributed by atoms with Crippen molar-refractivity contribution in [3.8, 4) is 0 Å². The largest absolute Gasteiger partial charge is 0.369 e. The van der Waals surface area contributed by atoms with Crippen LogP contribution >= 0.6 is 0 Å². The first-order valence-corrected chi connectivity index (χ1v) is 6.65. The number of nitrogens with two attached hydrogens (primary N) is 1. The van der Waals surface area contributed by atoms with E-state index in [9.17, 15) is 4.79 Å². The molecular weight excluding hydrogens is 240 g/mol. The lowest BCUT2D eigenvalue weighted by Crippen LogP contribution is -2.28. The first-order valence-electron chi connectivity index (χ1n) is 6.65. The van der Waals surface area contributed by atoms with Crippen LogP contribution in [-0.2, 0) is 11.3 Å². The Morgan fingerprint density at radius 1 is 1.53 bits per heavy atom. The number of aryl methyl sites for hydroxylation is 1. The summed E-state index contributed by atoms with van der Waals surface area (Å²) in [7, 11) is 0. The molecule has 0 unspecified atom stereocenters. The van der Waals surface area contributed by atoms with Crippen LogP contribution in [0, 0.1) is 12.8 Å². The van der Waals surface area contributed by atoms with Gasteiger partial charge in [0.2, 0.25) is 11.9 Å². The normalized spacial score (nSPS) is 14.8. The lowest BCUT2D eigenvalue weighted by atomic mass is 10.2. The van der Waals surface area contributed by atoms with Crippen molar-refractivity contribution in [1.29, 1.82) is 0 Å². The van der Waals surface area contributed by atoms with Gasteiger partial charge in [0.25, 0.3) is 0 Å². The summed E-state index contributed by atoms with van der Waals surface area (Å²) in [5.41, 5.74) is 9.02. The number of benzene rings is 1. The van der Waals surface area contributed by atoms with Crippen molar-refractivity contribution in [1.82, 2.24) is 14.9 Å². The van der Waals surface area contributed by atoms with Crippen LogP contribution in [0.1, 0.15) is 18.4 Å². The number of nitrogens with zero attached hydrogens (tertiary/aromatic N) is 2. The van der Waals surface area contributed by atoms with Gasteiger partial charge in [-0.15, -0.1) is 0 Å². The van der Waals surface area contributed by atoms with Crippen molar-refractivity contribution in [3.63, 3.8) is 0 Å². The SMILES string of the molecule is Cc1ccc2c(c1)nc(N)n2CCNC(=O)C1CC1. The van der Waals surface area contributed by atoms with Gasteiger partial charge in [0, 0.05) is 19.0 Å². The lowest BCUT2D eigenvalue weighted by Gasteiger charge is -2.08. The fourth-order valence-corrected chi connectivity index (χ4v) is 2.27. The molecule has 1 heterocycles. The Hall–Kier alpha value is -2.04. The second-order valence-corrected chi connectivity index (χ2v) is 5.18. The first-order chi connectivity index (χ1) is 9.15.